The van der Waals surface area contributed by atoms with Crippen molar-refractivity contribution in [2.75, 3.05) is 6.54 Å². The minimum absolute atomic E-state index is 0.240. The third-order valence-corrected chi connectivity index (χ3v) is 2.71. The van der Waals surface area contributed by atoms with Crippen molar-refractivity contribution in [1.29, 1.82) is 0 Å². The molecule has 0 aromatic heterocycles. The molecular weight excluding hydrogens is 172 g/mol. The normalized spacial score (nSPS) is 21.4. The van der Waals surface area contributed by atoms with Gasteiger partial charge < -0.3 is 0 Å². The second-order valence-electron chi connectivity index (χ2n) is 3.58. The van der Waals surface area contributed by atoms with Gasteiger partial charge in [0.15, 0.2) is 0 Å². The molecule has 3 heteroatoms. The molecule has 0 aromatic rings. The van der Waals surface area contributed by atoms with E-state index < -0.39 is 12.0 Å². The van der Waals surface area contributed by atoms with Gasteiger partial charge in [0, 0.05) is 0 Å². The Morgan fingerprint density at radius 1 is 1.31 bits per heavy atom. The minimum Gasteiger partial charge on any atom is -0.296 e. The summed E-state index contributed by atoms with van der Waals surface area (Å²) in [6, 6.07) is 0. The van der Waals surface area contributed by atoms with Gasteiger partial charge in [-0.2, -0.15) is 0 Å². The molecule has 0 atom stereocenters. The summed E-state index contributed by atoms with van der Waals surface area (Å²) >= 11 is 0. The molecule has 1 nitrogen and oxygen atoms in total. The van der Waals surface area contributed by atoms with E-state index in [4.69, 9.17) is 6.42 Å². The highest BCUT2D eigenvalue weighted by Crippen LogP contribution is 2.33. The zero-order valence-corrected chi connectivity index (χ0v) is 7.65. The molecule has 0 bridgehead atoms. The molecule has 1 rings (SSSR count). The first-order valence-electron chi connectivity index (χ1n) is 4.68. The lowest BCUT2D eigenvalue weighted by Gasteiger charge is -2.36. The number of terminal acetylenes is 1. The average Bonchev–Trinajstić information content (AvgIpc) is 2.16. The Balaban J connectivity index is 2.57. The molecule has 0 saturated heterocycles. The predicted octanol–water partition coefficient (Wildman–Crippen LogP) is 2.18. The van der Waals surface area contributed by atoms with Gasteiger partial charge in [-0.1, -0.05) is 25.2 Å². The Kier molecular flexibility index (Phi) is 3.68. The summed E-state index contributed by atoms with van der Waals surface area (Å²) in [5.41, 5.74) is -0.995. The first-order chi connectivity index (χ1) is 6.21. The van der Waals surface area contributed by atoms with Gasteiger partial charge in [-0.05, 0) is 12.8 Å². The Morgan fingerprint density at radius 3 is 2.38 bits per heavy atom. The lowest BCUT2D eigenvalue weighted by atomic mass is 9.82. The molecule has 0 spiro atoms. The van der Waals surface area contributed by atoms with Crippen molar-refractivity contribution in [2.24, 2.45) is 0 Å². The summed E-state index contributed by atoms with van der Waals surface area (Å²) in [5.74, 6) is 2.35. The monoisotopic (exact) mass is 187 g/mol. The number of rotatable bonds is 3. The van der Waals surface area contributed by atoms with Crippen LogP contribution in [0.4, 0.5) is 8.78 Å². The second kappa shape index (κ2) is 4.57. The molecular formula is C10H15F2N. The van der Waals surface area contributed by atoms with Crippen molar-refractivity contribution in [3.05, 3.63) is 0 Å². The fourth-order valence-electron chi connectivity index (χ4n) is 1.88. The molecule has 0 heterocycles. The van der Waals surface area contributed by atoms with Gasteiger partial charge in [-0.25, -0.2) is 8.78 Å². The molecule has 1 N–H and O–H groups in total. The summed E-state index contributed by atoms with van der Waals surface area (Å²) in [5, 5.41) is 2.80. The number of hydrogen-bond donors (Lipinski definition) is 1. The van der Waals surface area contributed by atoms with Crippen molar-refractivity contribution in [2.45, 2.75) is 44.1 Å². The second-order valence-corrected chi connectivity index (χ2v) is 3.58. The largest absolute Gasteiger partial charge is 0.296 e. The van der Waals surface area contributed by atoms with Crippen LogP contribution < -0.4 is 5.32 Å². The first-order valence-corrected chi connectivity index (χ1v) is 4.68. The van der Waals surface area contributed by atoms with Gasteiger partial charge in [0.1, 0.15) is 0 Å². The maximum atomic E-state index is 12.8. The van der Waals surface area contributed by atoms with Crippen LogP contribution in [-0.2, 0) is 0 Å². The highest BCUT2D eigenvalue weighted by Gasteiger charge is 2.39. The molecule has 0 radical (unpaired) electrons. The molecule has 0 amide bonds. The number of alkyl halides is 2. The number of hydrogen-bond acceptors (Lipinski definition) is 1. The fourth-order valence-corrected chi connectivity index (χ4v) is 1.88. The molecule has 1 saturated carbocycles. The molecule has 0 aromatic carbocycles. The van der Waals surface area contributed by atoms with Crippen molar-refractivity contribution in [3.8, 4) is 12.3 Å². The van der Waals surface area contributed by atoms with Crippen LogP contribution in [0.1, 0.15) is 32.1 Å². The van der Waals surface area contributed by atoms with E-state index in [9.17, 15) is 8.78 Å². The van der Waals surface area contributed by atoms with Crippen LogP contribution in [0, 0.1) is 12.3 Å². The van der Waals surface area contributed by atoms with Crippen molar-refractivity contribution in [3.63, 3.8) is 0 Å². The van der Waals surface area contributed by atoms with E-state index in [1.54, 1.807) is 0 Å². The van der Waals surface area contributed by atoms with Crippen LogP contribution in [0.2, 0.25) is 0 Å². The predicted molar refractivity (Wildman–Crippen MR) is 48.7 cm³/mol. The van der Waals surface area contributed by atoms with E-state index in [1.807, 2.05) is 0 Å². The first kappa shape index (κ1) is 10.5. The van der Waals surface area contributed by atoms with Gasteiger partial charge in [0.25, 0.3) is 6.43 Å². The van der Waals surface area contributed by atoms with Crippen LogP contribution >= 0.6 is 0 Å². The highest BCUT2D eigenvalue weighted by atomic mass is 19.3. The van der Waals surface area contributed by atoms with Crippen LogP contribution in [0.15, 0.2) is 0 Å². The zero-order valence-electron chi connectivity index (χ0n) is 7.65. The van der Waals surface area contributed by atoms with E-state index in [1.165, 1.54) is 0 Å². The van der Waals surface area contributed by atoms with E-state index in [0.717, 1.165) is 19.3 Å². The quantitative estimate of drug-likeness (QED) is 0.668. The van der Waals surface area contributed by atoms with E-state index in [2.05, 4.69) is 11.2 Å². The van der Waals surface area contributed by atoms with Crippen LogP contribution in [0.5, 0.6) is 0 Å². The third-order valence-electron chi connectivity index (χ3n) is 2.71. The van der Waals surface area contributed by atoms with Gasteiger partial charge in [0.2, 0.25) is 0 Å². The molecule has 13 heavy (non-hydrogen) atoms. The summed E-state index contributed by atoms with van der Waals surface area (Å²) in [4.78, 5) is 0. The van der Waals surface area contributed by atoms with Crippen molar-refractivity contribution < 1.29 is 8.78 Å². The van der Waals surface area contributed by atoms with E-state index in [0.29, 0.717) is 12.8 Å². The van der Waals surface area contributed by atoms with E-state index in [-0.39, 0.29) is 6.54 Å². The number of nitrogens with one attached hydrogen (secondary N) is 1. The Bertz CT molecular complexity index is 190. The van der Waals surface area contributed by atoms with Crippen LogP contribution in [-0.4, -0.2) is 18.5 Å². The van der Waals surface area contributed by atoms with Gasteiger partial charge in [-0.15, -0.1) is 6.42 Å². The SMILES string of the molecule is C#CCNC1(C(F)F)CCCCC1. The van der Waals surface area contributed by atoms with Crippen LogP contribution in [0.25, 0.3) is 0 Å². The summed E-state index contributed by atoms with van der Waals surface area (Å²) < 4.78 is 25.5. The Labute approximate surface area is 77.9 Å². The molecule has 74 valence electrons. The van der Waals surface area contributed by atoms with Crippen molar-refractivity contribution in [1.82, 2.24) is 5.32 Å². The van der Waals surface area contributed by atoms with Crippen LogP contribution in [0.3, 0.4) is 0 Å². The van der Waals surface area contributed by atoms with Gasteiger partial charge in [-0.3, -0.25) is 5.32 Å². The Morgan fingerprint density at radius 2 is 1.92 bits per heavy atom. The molecule has 0 unspecified atom stereocenters. The molecule has 0 aliphatic heterocycles. The fraction of sp³-hybridized carbons (Fsp3) is 0.800. The van der Waals surface area contributed by atoms with Gasteiger partial charge >= 0.3 is 0 Å². The Hall–Kier alpha value is -0.620. The topological polar surface area (TPSA) is 12.0 Å². The smallest absolute Gasteiger partial charge is 0.256 e. The van der Waals surface area contributed by atoms with E-state index >= 15 is 0 Å². The van der Waals surface area contributed by atoms with Gasteiger partial charge in [0.05, 0.1) is 12.1 Å². The lowest BCUT2D eigenvalue weighted by Crippen LogP contribution is -2.52. The molecule has 1 aliphatic rings. The average molecular weight is 187 g/mol. The zero-order chi connectivity index (χ0) is 9.73. The summed E-state index contributed by atoms with van der Waals surface area (Å²) in [7, 11) is 0. The number of halogens is 2. The molecule has 1 fully saturated rings. The highest BCUT2D eigenvalue weighted by molar-refractivity contribution is 4.98. The summed E-state index contributed by atoms with van der Waals surface area (Å²) in [6.07, 6.45) is 6.65. The summed E-state index contributed by atoms with van der Waals surface area (Å²) in [6.45, 7) is 0.240. The lowest BCUT2D eigenvalue weighted by molar-refractivity contribution is 0.00920. The minimum atomic E-state index is -2.30. The maximum Gasteiger partial charge on any atom is 0.256 e. The maximum absolute atomic E-state index is 12.8. The molecule has 1 aliphatic carbocycles. The standard InChI is InChI=1S/C10H15F2N/c1-2-8-13-10(9(11)12)6-4-3-5-7-10/h1,9,13H,3-8H2. The third kappa shape index (κ3) is 2.41. The van der Waals surface area contributed by atoms with Crippen molar-refractivity contribution >= 4 is 0 Å².